The van der Waals surface area contributed by atoms with Crippen molar-refractivity contribution in [3.63, 3.8) is 0 Å². The molecule has 0 spiro atoms. The van der Waals surface area contributed by atoms with Gasteiger partial charge in [-0.25, -0.2) is 9.78 Å². The van der Waals surface area contributed by atoms with Crippen LogP contribution in [0.2, 0.25) is 0 Å². The van der Waals surface area contributed by atoms with Gasteiger partial charge in [-0.05, 0) is 48.5 Å². The van der Waals surface area contributed by atoms with Crippen molar-refractivity contribution in [2.75, 3.05) is 24.9 Å². The molecule has 3 rings (SSSR count). The highest BCUT2D eigenvalue weighted by Crippen LogP contribution is 2.23. The van der Waals surface area contributed by atoms with E-state index in [1.165, 1.54) is 7.11 Å². The zero-order valence-electron chi connectivity index (χ0n) is 15.4. The summed E-state index contributed by atoms with van der Waals surface area (Å²) in [6.45, 7) is 0. The lowest BCUT2D eigenvalue weighted by atomic mass is 10.2. The molecule has 3 aromatic rings. The number of hydrogen-bond acceptors (Lipinski definition) is 6. The molecular formula is C21H19N3O4. The van der Waals surface area contributed by atoms with Crippen molar-refractivity contribution >= 4 is 28.9 Å². The summed E-state index contributed by atoms with van der Waals surface area (Å²) in [5.41, 5.74) is 2.80. The van der Waals surface area contributed by atoms with Gasteiger partial charge in [0.25, 0.3) is 5.91 Å². The van der Waals surface area contributed by atoms with Gasteiger partial charge in [0.15, 0.2) is 0 Å². The van der Waals surface area contributed by atoms with Gasteiger partial charge >= 0.3 is 5.97 Å². The molecule has 0 aliphatic rings. The topological polar surface area (TPSA) is 89.5 Å². The monoisotopic (exact) mass is 377 g/mol. The van der Waals surface area contributed by atoms with Crippen molar-refractivity contribution in [1.82, 2.24) is 4.98 Å². The maximum absolute atomic E-state index is 12.4. The van der Waals surface area contributed by atoms with Crippen LogP contribution in [0.1, 0.15) is 20.8 Å². The molecule has 2 aromatic carbocycles. The molecular weight excluding hydrogens is 358 g/mol. The van der Waals surface area contributed by atoms with Crippen LogP contribution in [-0.4, -0.2) is 31.1 Å². The number of para-hydroxylation sites is 2. The minimum Gasteiger partial charge on any atom is -0.495 e. The average Bonchev–Trinajstić information content (AvgIpc) is 2.74. The number of methoxy groups -OCH3 is 2. The maximum Gasteiger partial charge on any atom is 0.337 e. The Morgan fingerprint density at radius 1 is 0.893 bits per heavy atom. The quantitative estimate of drug-likeness (QED) is 0.634. The van der Waals surface area contributed by atoms with E-state index in [2.05, 4.69) is 20.4 Å². The number of amides is 1. The molecule has 1 aromatic heterocycles. The van der Waals surface area contributed by atoms with E-state index in [4.69, 9.17) is 4.74 Å². The van der Waals surface area contributed by atoms with Crippen molar-refractivity contribution in [3.05, 3.63) is 78.1 Å². The smallest absolute Gasteiger partial charge is 0.337 e. The minimum atomic E-state index is -0.390. The van der Waals surface area contributed by atoms with Crippen molar-refractivity contribution in [3.8, 4) is 5.75 Å². The van der Waals surface area contributed by atoms with Crippen LogP contribution in [0.15, 0.2) is 66.9 Å². The van der Waals surface area contributed by atoms with Crippen LogP contribution in [0.4, 0.5) is 17.1 Å². The second-order valence-corrected chi connectivity index (χ2v) is 5.78. The number of aromatic nitrogens is 1. The lowest BCUT2D eigenvalue weighted by molar-refractivity contribution is 0.0600. The molecule has 0 fully saturated rings. The fraction of sp³-hybridized carbons (Fsp3) is 0.0952. The molecule has 1 amide bonds. The van der Waals surface area contributed by atoms with Crippen LogP contribution in [0.3, 0.4) is 0 Å². The van der Waals surface area contributed by atoms with Gasteiger partial charge in [-0.1, -0.05) is 12.1 Å². The third-order valence-electron chi connectivity index (χ3n) is 3.95. The van der Waals surface area contributed by atoms with Gasteiger partial charge in [0.2, 0.25) is 0 Å². The van der Waals surface area contributed by atoms with Gasteiger partial charge in [0.1, 0.15) is 11.4 Å². The van der Waals surface area contributed by atoms with Crippen LogP contribution in [0, 0.1) is 0 Å². The van der Waals surface area contributed by atoms with E-state index >= 15 is 0 Å². The van der Waals surface area contributed by atoms with E-state index in [1.807, 2.05) is 12.1 Å². The first-order chi connectivity index (χ1) is 13.6. The van der Waals surface area contributed by atoms with Gasteiger partial charge in [0.05, 0.1) is 37.4 Å². The lowest BCUT2D eigenvalue weighted by Gasteiger charge is -2.10. The fourth-order valence-electron chi connectivity index (χ4n) is 2.51. The summed E-state index contributed by atoms with van der Waals surface area (Å²) >= 11 is 0. The molecule has 2 N–H and O–H groups in total. The molecule has 0 aliphatic heterocycles. The molecule has 1 heterocycles. The molecule has 7 heteroatoms. The standard InChI is InChI=1S/C21H19N3O4/c1-27-19-6-4-3-5-17(19)24-20(25)18-12-11-16(13-22-18)23-15-9-7-14(8-10-15)21(26)28-2/h3-13,23H,1-2H3,(H,24,25). The van der Waals surface area contributed by atoms with E-state index in [9.17, 15) is 9.59 Å². The lowest BCUT2D eigenvalue weighted by Crippen LogP contribution is -2.14. The second kappa shape index (κ2) is 8.68. The summed E-state index contributed by atoms with van der Waals surface area (Å²) < 4.78 is 9.90. The normalized spacial score (nSPS) is 10.1. The summed E-state index contributed by atoms with van der Waals surface area (Å²) in [5.74, 6) is -0.151. The molecule has 0 saturated carbocycles. The highest BCUT2D eigenvalue weighted by atomic mass is 16.5. The number of pyridine rings is 1. The maximum atomic E-state index is 12.4. The molecule has 28 heavy (non-hydrogen) atoms. The van der Waals surface area contributed by atoms with Gasteiger partial charge in [-0.3, -0.25) is 4.79 Å². The zero-order chi connectivity index (χ0) is 19.9. The molecule has 0 unspecified atom stereocenters. The number of nitrogens with one attached hydrogen (secondary N) is 2. The number of anilines is 3. The van der Waals surface area contributed by atoms with Gasteiger partial charge < -0.3 is 20.1 Å². The number of ether oxygens (including phenoxy) is 2. The molecule has 0 aliphatic carbocycles. The van der Waals surface area contributed by atoms with Crippen molar-refractivity contribution < 1.29 is 19.1 Å². The number of carbonyl (C=O) groups is 2. The first-order valence-corrected chi connectivity index (χ1v) is 8.46. The average molecular weight is 377 g/mol. The highest BCUT2D eigenvalue weighted by molar-refractivity contribution is 6.03. The van der Waals surface area contributed by atoms with E-state index in [1.54, 1.807) is 61.8 Å². The Bertz CT molecular complexity index is 970. The first-order valence-electron chi connectivity index (χ1n) is 8.46. The largest absolute Gasteiger partial charge is 0.495 e. The van der Waals surface area contributed by atoms with Crippen molar-refractivity contribution in [2.24, 2.45) is 0 Å². The first kappa shape index (κ1) is 18.9. The summed E-state index contributed by atoms with van der Waals surface area (Å²) in [7, 11) is 2.88. The third-order valence-corrected chi connectivity index (χ3v) is 3.95. The van der Waals surface area contributed by atoms with Crippen LogP contribution >= 0.6 is 0 Å². The Kier molecular flexibility index (Phi) is 5.86. The highest BCUT2D eigenvalue weighted by Gasteiger charge is 2.11. The third kappa shape index (κ3) is 4.45. The summed E-state index contributed by atoms with van der Waals surface area (Å²) in [5, 5.41) is 5.93. The Labute approximate surface area is 162 Å². The van der Waals surface area contributed by atoms with Gasteiger partial charge in [-0.15, -0.1) is 0 Å². The van der Waals surface area contributed by atoms with Crippen LogP contribution < -0.4 is 15.4 Å². The SMILES string of the molecule is COC(=O)c1ccc(Nc2ccc(C(=O)Nc3ccccc3OC)nc2)cc1. The Morgan fingerprint density at radius 2 is 1.61 bits per heavy atom. The fourth-order valence-corrected chi connectivity index (χ4v) is 2.51. The summed E-state index contributed by atoms with van der Waals surface area (Å²) in [4.78, 5) is 28.0. The Morgan fingerprint density at radius 3 is 2.25 bits per heavy atom. The number of hydrogen-bond donors (Lipinski definition) is 2. The predicted octanol–water partition coefficient (Wildman–Crippen LogP) is 3.87. The van der Waals surface area contributed by atoms with Crippen LogP contribution in [0.25, 0.3) is 0 Å². The molecule has 0 saturated heterocycles. The number of nitrogens with zero attached hydrogens (tertiary/aromatic N) is 1. The van der Waals surface area contributed by atoms with E-state index in [-0.39, 0.29) is 11.6 Å². The van der Waals surface area contributed by atoms with Crippen molar-refractivity contribution in [1.29, 1.82) is 0 Å². The van der Waals surface area contributed by atoms with Crippen LogP contribution in [0.5, 0.6) is 5.75 Å². The molecule has 7 nitrogen and oxygen atoms in total. The molecule has 0 radical (unpaired) electrons. The van der Waals surface area contributed by atoms with Gasteiger partial charge in [0, 0.05) is 5.69 Å². The predicted molar refractivity (Wildman–Crippen MR) is 106 cm³/mol. The molecule has 0 atom stereocenters. The summed E-state index contributed by atoms with van der Waals surface area (Å²) in [6, 6.07) is 17.4. The number of benzene rings is 2. The van der Waals surface area contributed by atoms with E-state index in [0.717, 1.165) is 5.69 Å². The molecule has 0 bridgehead atoms. The zero-order valence-corrected chi connectivity index (χ0v) is 15.4. The van der Waals surface area contributed by atoms with E-state index in [0.29, 0.717) is 22.7 Å². The van der Waals surface area contributed by atoms with Crippen molar-refractivity contribution in [2.45, 2.75) is 0 Å². The summed E-state index contributed by atoms with van der Waals surface area (Å²) in [6.07, 6.45) is 1.56. The Hall–Kier alpha value is -3.87. The molecule has 142 valence electrons. The van der Waals surface area contributed by atoms with Crippen LogP contribution in [-0.2, 0) is 4.74 Å². The number of carbonyl (C=O) groups excluding carboxylic acids is 2. The Balaban J connectivity index is 1.66. The number of esters is 1. The number of rotatable bonds is 6. The second-order valence-electron chi connectivity index (χ2n) is 5.78. The van der Waals surface area contributed by atoms with Gasteiger partial charge in [-0.2, -0.15) is 0 Å². The minimum absolute atomic E-state index is 0.275. The van der Waals surface area contributed by atoms with E-state index < -0.39 is 5.97 Å².